The summed E-state index contributed by atoms with van der Waals surface area (Å²) in [6.45, 7) is 2.31. The summed E-state index contributed by atoms with van der Waals surface area (Å²) in [5, 5.41) is 11.5. The molecule has 0 atom stereocenters. The lowest BCUT2D eigenvalue weighted by Crippen LogP contribution is -2.03. The van der Waals surface area contributed by atoms with Crippen molar-refractivity contribution in [3.63, 3.8) is 0 Å². The summed E-state index contributed by atoms with van der Waals surface area (Å²) >= 11 is 0. The third-order valence-electron chi connectivity index (χ3n) is 3.58. The number of nitrogens with zero attached hydrogens (tertiary/aromatic N) is 1. The summed E-state index contributed by atoms with van der Waals surface area (Å²) < 4.78 is 10.9. The van der Waals surface area contributed by atoms with Crippen molar-refractivity contribution < 1.29 is 14.3 Å². The Morgan fingerprint density at radius 1 is 1.17 bits per heavy atom. The molecule has 0 radical (unpaired) electrons. The minimum atomic E-state index is -0.126. The molecule has 5 nitrogen and oxygen atoms in total. The number of nitrogens with one attached hydrogen (secondary N) is 1. The molecule has 5 heteroatoms. The SMILES string of the molecule is CCOc1cc(/C=C2\C(=O)Nc3ccccc32)ccc1OCC#N. The Labute approximate surface area is 140 Å². The standard InChI is InChI=1S/C19H16N2O3/c1-2-23-18-12-13(7-8-17(18)24-10-9-20)11-15-14-5-3-4-6-16(14)21-19(15)22/h3-8,11-12H,2,10H2,1H3,(H,21,22)/b15-11-. The van der Waals surface area contributed by atoms with Crippen LogP contribution in [0, 0.1) is 11.3 Å². The Kier molecular flexibility index (Phi) is 4.48. The molecule has 1 aliphatic heterocycles. The van der Waals surface area contributed by atoms with Gasteiger partial charge in [0, 0.05) is 16.8 Å². The highest BCUT2D eigenvalue weighted by atomic mass is 16.5. The van der Waals surface area contributed by atoms with Gasteiger partial charge in [0.05, 0.1) is 6.61 Å². The normalized spacial score (nSPS) is 14.0. The lowest BCUT2D eigenvalue weighted by atomic mass is 10.0. The molecule has 0 aliphatic carbocycles. The number of hydrogen-bond acceptors (Lipinski definition) is 4. The number of anilines is 1. The number of nitriles is 1. The largest absolute Gasteiger partial charge is 0.490 e. The molecule has 0 bridgehead atoms. The average Bonchev–Trinajstić information content (AvgIpc) is 2.90. The number of ether oxygens (including phenoxy) is 2. The molecule has 1 aliphatic rings. The maximum atomic E-state index is 12.2. The summed E-state index contributed by atoms with van der Waals surface area (Å²) in [5.74, 6) is 0.935. The van der Waals surface area contributed by atoms with Gasteiger partial charge >= 0.3 is 0 Å². The minimum Gasteiger partial charge on any atom is -0.490 e. The quantitative estimate of drug-likeness (QED) is 0.856. The van der Waals surface area contributed by atoms with Crippen LogP contribution in [-0.2, 0) is 4.79 Å². The van der Waals surface area contributed by atoms with Crippen LogP contribution in [0.3, 0.4) is 0 Å². The third kappa shape index (κ3) is 3.08. The molecule has 1 heterocycles. The van der Waals surface area contributed by atoms with E-state index in [-0.39, 0.29) is 12.5 Å². The van der Waals surface area contributed by atoms with E-state index in [2.05, 4.69) is 5.32 Å². The molecule has 1 N–H and O–H groups in total. The average molecular weight is 320 g/mol. The van der Waals surface area contributed by atoms with Crippen LogP contribution in [-0.4, -0.2) is 19.1 Å². The van der Waals surface area contributed by atoms with E-state index in [1.54, 1.807) is 12.1 Å². The monoisotopic (exact) mass is 320 g/mol. The number of benzene rings is 2. The molecule has 0 fully saturated rings. The Balaban J connectivity index is 1.97. The summed E-state index contributed by atoms with van der Waals surface area (Å²) in [6, 6.07) is 14.9. The summed E-state index contributed by atoms with van der Waals surface area (Å²) in [7, 11) is 0. The fourth-order valence-electron chi connectivity index (χ4n) is 2.56. The van der Waals surface area contributed by atoms with E-state index in [1.807, 2.05) is 49.4 Å². The zero-order chi connectivity index (χ0) is 16.9. The molecular formula is C19H16N2O3. The van der Waals surface area contributed by atoms with Crippen molar-refractivity contribution in [1.82, 2.24) is 0 Å². The molecule has 0 saturated heterocycles. The van der Waals surface area contributed by atoms with Crippen molar-refractivity contribution in [2.75, 3.05) is 18.5 Å². The molecule has 24 heavy (non-hydrogen) atoms. The molecule has 2 aromatic rings. The molecule has 2 aromatic carbocycles. The van der Waals surface area contributed by atoms with Crippen LogP contribution in [0.2, 0.25) is 0 Å². The Morgan fingerprint density at radius 3 is 2.79 bits per heavy atom. The van der Waals surface area contributed by atoms with Gasteiger partial charge in [-0.05, 0) is 36.8 Å². The van der Waals surface area contributed by atoms with Crippen LogP contribution in [0.25, 0.3) is 11.6 Å². The first kappa shape index (κ1) is 15.6. The van der Waals surface area contributed by atoms with Crippen LogP contribution in [0.15, 0.2) is 42.5 Å². The zero-order valence-corrected chi connectivity index (χ0v) is 13.2. The molecule has 1 amide bonds. The highest BCUT2D eigenvalue weighted by Gasteiger charge is 2.23. The van der Waals surface area contributed by atoms with Crippen LogP contribution in [0.5, 0.6) is 11.5 Å². The van der Waals surface area contributed by atoms with Gasteiger partial charge in [-0.25, -0.2) is 0 Å². The van der Waals surface area contributed by atoms with E-state index in [1.165, 1.54) is 0 Å². The lowest BCUT2D eigenvalue weighted by molar-refractivity contribution is -0.110. The zero-order valence-electron chi connectivity index (χ0n) is 13.2. The van der Waals surface area contributed by atoms with Gasteiger partial charge in [-0.15, -0.1) is 0 Å². The molecule has 0 unspecified atom stereocenters. The van der Waals surface area contributed by atoms with E-state index in [0.717, 1.165) is 16.8 Å². The molecule has 3 rings (SSSR count). The number of para-hydroxylation sites is 1. The van der Waals surface area contributed by atoms with Crippen molar-refractivity contribution in [3.05, 3.63) is 53.6 Å². The van der Waals surface area contributed by atoms with E-state index >= 15 is 0 Å². The second kappa shape index (κ2) is 6.88. The number of fused-ring (bicyclic) bond motifs is 1. The van der Waals surface area contributed by atoms with Gasteiger partial charge in [0.15, 0.2) is 18.1 Å². The van der Waals surface area contributed by atoms with Crippen molar-refractivity contribution in [2.45, 2.75) is 6.92 Å². The van der Waals surface area contributed by atoms with Crippen molar-refractivity contribution >= 4 is 23.2 Å². The van der Waals surface area contributed by atoms with E-state index in [9.17, 15) is 4.79 Å². The molecule has 0 saturated carbocycles. The predicted molar refractivity (Wildman–Crippen MR) is 91.7 cm³/mol. The van der Waals surface area contributed by atoms with Crippen molar-refractivity contribution in [2.24, 2.45) is 0 Å². The second-order valence-electron chi connectivity index (χ2n) is 5.14. The molecule has 0 spiro atoms. The van der Waals surface area contributed by atoms with Crippen LogP contribution < -0.4 is 14.8 Å². The lowest BCUT2D eigenvalue weighted by Gasteiger charge is -2.11. The van der Waals surface area contributed by atoms with Gasteiger partial charge in [0.1, 0.15) is 6.07 Å². The highest BCUT2D eigenvalue weighted by molar-refractivity contribution is 6.34. The fraction of sp³-hybridized carbons (Fsp3) is 0.158. The van der Waals surface area contributed by atoms with Gasteiger partial charge in [-0.3, -0.25) is 4.79 Å². The van der Waals surface area contributed by atoms with Gasteiger partial charge in [0.25, 0.3) is 5.91 Å². The molecular weight excluding hydrogens is 304 g/mol. The maximum Gasteiger partial charge on any atom is 0.256 e. The third-order valence-corrected chi connectivity index (χ3v) is 3.58. The number of carbonyl (C=O) groups is 1. The number of hydrogen-bond donors (Lipinski definition) is 1. The number of rotatable bonds is 5. The molecule has 0 aromatic heterocycles. The second-order valence-corrected chi connectivity index (χ2v) is 5.14. The van der Waals surface area contributed by atoms with E-state index in [4.69, 9.17) is 14.7 Å². The van der Waals surface area contributed by atoms with Gasteiger partial charge in [-0.2, -0.15) is 5.26 Å². The minimum absolute atomic E-state index is 0.0453. The summed E-state index contributed by atoms with van der Waals surface area (Å²) in [5.41, 5.74) is 3.13. The molecule has 120 valence electrons. The Morgan fingerprint density at radius 2 is 2.00 bits per heavy atom. The van der Waals surface area contributed by atoms with Crippen molar-refractivity contribution in [3.8, 4) is 17.6 Å². The van der Waals surface area contributed by atoms with Gasteiger partial charge < -0.3 is 14.8 Å². The van der Waals surface area contributed by atoms with Crippen LogP contribution in [0.4, 0.5) is 5.69 Å². The topological polar surface area (TPSA) is 71.3 Å². The number of amides is 1. The first-order chi connectivity index (χ1) is 11.7. The number of carbonyl (C=O) groups excluding carboxylic acids is 1. The Bertz CT molecular complexity index is 850. The van der Waals surface area contributed by atoms with Crippen LogP contribution in [0.1, 0.15) is 18.1 Å². The first-order valence-electron chi connectivity index (χ1n) is 7.62. The highest BCUT2D eigenvalue weighted by Crippen LogP contribution is 2.34. The van der Waals surface area contributed by atoms with E-state index in [0.29, 0.717) is 23.7 Å². The fourth-order valence-corrected chi connectivity index (χ4v) is 2.56. The summed E-state index contributed by atoms with van der Waals surface area (Å²) in [6.07, 6.45) is 1.82. The Hall–Kier alpha value is -3.26. The first-order valence-corrected chi connectivity index (χ1v) is 7.62. The van der Waals surface area contributed by atoms with Gasteiger partial charge in [-0.1, -0.05) is 24.3 Å². The van der Waals surface area contributed by atoms with E-state index < -0.39 is 0 Å². The van der Waals surface area contributed by atoms with Crippen molar-refractivity contribution in [1.29, 1.82) is 5.26 Å². The van der Waals surface area contributed by atoms with Crippen LogP contribution >= 0.6 is 0 Å². The predicted octanol–water partition coefficient (Wildman–Crippen LogP) is 3.48. The smallest absolute Gasteiger partial charge is 0.256 e. The van der Waals surface area contributed by atoms with Gasteiger partial charge in [0.2, 0.25) is 0 Å². The summed E-state index contributed by atoms with van der Waals surface area (Å²) in [4.78, 5) is 12.2. The maximum absolute atomic E-state index is 12.2.